The van der Waals surface area contributed by atoms with Gasteiger partial charge in [0.2, 0.25) is 0 Å². The van der Waals surface area contributed by atoms with Gasteiger partial charge in [0, 0.05) is 17.9 Å². The highest BCUT2D eigenvalue weighted by molar-refractivity contribution is 5.65. The Bertz CT molecular complexity index is 890. The van der Waals surface area contributed by atoms with Gasteiger partial charge in [-0.25, -0.2) is 22.0 Å². The molecule has 3 rings (SSSR count). The number of rotatable bonds is 8. The van der Waals surface area contributed by atoms with Gasteiger partial charge in [0.25, 0.3) is 5.92 Å². The minimum absolute atomic E-state index is 0.00370. The zero-order valence-corrected chi connectivity index (χ0v) is 18.3. The lowest BCUT2D eigenvalue weighted by molar-refractivity contribution is -0.0952. The second kappa shape index (κ2) is 10.1. The molecule has 2 unspecified atom stereocenters. The summed E-state index contributed by atoms with van der Waals surface area (Å²) in [6.45, 7) is 3.97. The molecule has 1 fully saturated rings. The van der Waals surface area contributed by atoms with Gasteiger partial charge in [-0.15, -0.1) is 0 Å². The van der Waals surface area contributed by atoms with Crippen LogP contribution in [0, 0.1) is 23.4 Å². The van der Waals surface area contributed by atoms with Crippen molar-refractivity contribution in [2.45, 2.75) is 83.5 Å². The summed E-state index contributed by atoms with van der Waals surface area (Å²) in [5.41, 5.74) is 0.714. The van der Waals surface area contributed by atoms with Gasteiger partial charge in [-0.3, -0.25) is 0 Å². The van der Waals surface area contributed by atoms with E-state index in [2.05, 4.69) is 0 Å². The second-order valence-electron chi connectivity index (χ2n) is 8.82. The van der Waals surface area contributed by atoms with E-state index in [0.29, 0.717) is 31.2 Å². The smallest absolute Gasteiger partial charge is 0.207 e. The standard InChI is InChI=1S/C26H31F5/c1-3-5-6-8-20-12-11-19(16-26(20,30)31)22-14-13-21(24(28)25(22)29)18-10-9-17(7-4-2)23(27)15-18/h9-10,13-15,19-20H,3-8,11-12,16H2,1-2H3. The first-order valence-corrected chi connectivity index (χ1v) is 11.4. The van der Waals surface area contributed by atoms with Crippen molar-refractivity contribution >= 4 is 0 Å². The molecule has 1 aliphatic rings. The third-order valence-electron chi connectivity index (χ3n) is 6.57. The summed E-state index contributed by atoms with van der Waals surface area (Å²) in [5, 5.41) is 0. The molecule has 0 aromatic heterocycles. The zero-order valence-electron chi connectivity index (χ0n) is 18.3. The molecule has 0 spiro atoms. The van der Waals surface area contributed by atoms with Crippen LogP contribution < -0.4 is 0 Å². The lowest BCUT2D eigenvalue weighted by Gasteiger charge is -2.36. The van der Waals surface area contributed by atoms with Crippen LogP contribution >= 0.6 is 0 Å². The molecule has 0 nitrogen and oxygen atoms in total. The Morgan fingerprint density at radius 3 is 2.32 bits per heavy atom. The van der Waals surface area contributed by atoms with E-state index < -0.39 is 41.6 Å². The highest BCUT2D eigenvalue weighted by Gasteiger charge is 2.45. The number of hydrogen-bond acceptors (Lipinski definition) is 0. The van der Waals surface area contributed by atoms with E-state index in [1.165, 1.54) is 18.2 Å². The monoisotopic (exact) mass is 438 g/mol. The van der Waals surface area contributed by atoms with Crippen molar-refractivity contribution in [2.24, 2.45) is 5.92 Å². The van der Waals surface area contributed by atoms with Gasteiger partial charge in [-0.05, 0) is 54.4 Å². The SMILES string of the molecule is CCCCCC1CCC(c2ccc(-c3ccc(CCC)c(F)c3)c(F)c2F)CC1(F)F. The summed E-state index contributed by atoms with van der Waals surface area (Å²) >= 11 is 0. The lowest BCUT2D eigenvalue weighted by atomic mass is 9.74. The van der Waals surface area contributed by atoms with Gasteiger partial charge in [0.1, 0.15) is 5.82 Å². The molecule has 170 valence electrons. The van der Waals surface area contributed by atoms with Crippen molar-refractivity contribution in [1.82, 2.24) is 0 Å². The first kappa shape index (κ1) is 23.7. The number of alkyl halides is 2. The van der Waals surface area contributed by atoms with Crippen molar-refractivity contribution in [1.29, 1.82) is 0 Å². The first-order chi connectivity index (χ1) is 14.8. The third kappa shape index (κ3) is 5.30. The minimum atomic E-state index is -2.88. The van der Waals surface area contributed by atoms with Crippen LogP contribution in [0.5, 0.6) is 0 Å². The maximum atomic E-state index is 14.9. The molecule has 0 amide bonds. The van der Waals surface area contributed by atoms with Crippen molar-refractivity contribution < 1.29 is 22.0 Å². The van der Waals surface area contributed by atoms with Crippen molar-refractivity contribution in [3.05, 3.63) is 58.9 Å². The molecular formula is C26H31F5. The van der Waals surface area contributed by atoms with Crippen molar-refractivity contribution in [3.63, 3.8) is 0 Å². The van der Waals surface area contributed by atoms with E-state index in [1.807, 2.05) is 13.8 Å². The molecule has 0 N–H and O–H groups in total. The summed E-state index contributed by atoms with van der Waals surface area (Å²) in [6.07, 6.45) is 4.77. The van der Waals surface area contributed by atoms with Crippen LogP contribution in [0.1, 0.15) is 82.3 Å². The van der Waals surface area contributed by atoms with Gasteiger partial charge >= 0.3 is 0 Å². The number of hydrogen-bond donors (Lipinski definition) is 0. The average Bonchev–Trinajstić information content (AvgIpc) is 2.72. The highest BCUT2D eigenvalue weighted by atomic mass is 19.3. The normalized spacial score (nSPS) is 20.7. The molecule has 0 saturated heterocycles. The van der Waals surface area contributed by atoms with Crippen LogP contribution in [-0.4, -0.2) is 5.92 Å². The molecule has 1 aliphatic carbocycles. The largest absolute Gasteiger partial charge is 0.251 e. The fraction of sp³-hybridized carbons (Fsp3) is 0.538. The molecule has 0 radical (unpaired) electrons. The van der Waals surface area contributed by atoms with Crippen LogP contribution in [0.2, 0.25) is 0 Å². The van der Waals surface area contributed by atoms with Gasteiger partial charge in [-0.1, -0.05) is 63.8 Å². The number of halogens is 5. The van der Waals surface area contributed by atoms with Crippen LogP contribution in [0.4, 0.5) is 22.0 Å². The lowest BCUT2D eigenvalue weighted by Crippen LogP contribution is -2.35. The van der Waals surface area contributed by atoms with Gasteiger partial charge in [-0.2, -0.15) is 0 Å². The molecule has 0 aliphatic heterocycles. The Kier molecular flexibility index (Phi) is 7.77. The minimum Gasteiger partial charge on any atom is -0.207 e. The van der Waals surface area contributed by atoms with Crippen molar-refractivity contribution in [3.8, 4) is 11.1 Å². The summed E-state index contributed by atoms with van der Waals surface area (Å²) < 4.78 is 73.4. The number of benzene rings is 2. The summed E-state index contributed by atoms with van der Waals surface area (Å²) in [5.74, 6) is -6.94. The van der Waals surface area contributed by atoms with E-state index in [4.69, 9.17) is 0 Å². The second-order valence-corrected chi connectivity index (χ2v) is 8.82. The molecular weight excluding hydrogens is 407 g/mol. The maximum Gasteiger partial charge on any atom is 0.251 e. The van der Waals surface area contributed by atoms with E-state index in [1.54, 1.807) is 12.1 Å². The summed E-state index contributed by atoms with van der Waals surface area (Å²) in [4.78, 5) is 0. The molecule has 2 atom stereocenters. The Hall–Kier alpha value is -1.91. The predicted molar refractivity (Wildman–Crippen MR) is 115 cm³/mol. The number of aryl methyl sites for hydroxylation is 1. The Labute approximate surface area is 181 Å². The molecule has 0 heterocycles. The quantitative estimate of drug-likeness (QED) is 0.285. The first-order valence-electron chi connectivity index (χ1n) is 11.4. The summed E-state index contributed by atoms with van der Waals surface area (Å²) in [6, 6.07) is 7.14. The average molecular weight is 439 g/mol. The number of unbranched alkanes of at least 4 members (excludes halogenated alkanes) is 2. The van der Waals surface area contributed by atoms with Gasteiger partial charge in [0.05, 0.1) is 0 Å². The topological polar surface area (TPSA) is 0 Å². The molecule has 2 aromatic rings. The van der Waals surface area contributed by atoms with E-state index in [9.17, 15) is 22.0 Å². The molecule has 0 bridgehead atoms. The maximum absolute atomic E-state index is 14.9. The van der Waals surface area contributed by atoms with Crippen LogP contribution in [-0.2, 0) is 6.42 Å². The highest BCUT2D eigenvalue weighted by Crippen LogP contribution is 2.48. The van der Waals surface area contributed by atoms with E-state index >= 15 is 0 Å². The fourth-order valence-corrected chi connectivity index (χ4v) is 4.76. The third-order valence-corrected chi connectivity index (χ3v) is 6.57. The van der Waals surface area contributed by atoms with Gasteiger partial charge in [0.15, 0.2) is 11.6 Å². The van der Waals surface area contributed by atoms with E-state index in [-0.39, 0.29) is 16.7 Å². The predicted octanol–water partition coefficient (Wildman–Crippen LogP) is 8.82. The Morgan fingerprint density at radius 2 is 1.68 bits per heavy atom. The molecule has 5 heteroatoms. The summed E-state index contributed by atoms with van der Waals surface area (Å²) in [7, 11) is 0. The zero-order chi connectivity index (χ0) is 22.6. The van der Waals surface area contributed by atoms with Crippen LogP contribution in [0.15, 0.2) is 30.3 Å². The van der Waals surface area contributed by atoms with Crippen LogP contribution in [0.3, 0.4) is 0 Å². The molecule has 31 heavy (non-hydrogen) atoms. The molecule has 2 aromatic carbocycles. The van der Waals surface area contributed by atoms with Crippen molar-refractivity contribution in [2.75, 3.05) is 0 Å². The van der Waals surface area contributed by atoms with Gasteiger partial charge < -0.3 is 0 Å². The van der Waals surface area contributed by atoms with E-state index in [0.717, 1.165) is 25.7 Å². The Morgan fingerprint density at radius 1 is 0.903 bits per heavy atom. The van der Waals surface area contributed by atoms with Crippen LogP contribution in [0.25, 0.3) is 11.1 Å². The molecule has 1 saturated carbocycles. The fourth-order valence-electron chi connectivity index (χ4n) is 4.76. The Balaban J connectivity index is 1.80.